The van der Waals surface area contributed by atoms with Crippen LogP contribution in [0.4, 0.5) is 18.3 Å². The Kier molecular flexibility index (Phi) is 4.76. The SMILES string of the molecule is C=CCOc1ccccc1C(=O)Nc1nnc(C(F)(F)F)s1. The summed E-state index contributed by atoms with van der Waals surface area (Å²) in [4.78, 5) is 12.1. The lowest BCUT2D eigenvalue weighted by Crippen LogP contribution is -2.13. The molecule has 22 heavy (non-hydrogen) atoms. The summed E-state index contributed by atoms with van der Waals surface area (Å²) in [7, 11) is 0. The Bertz CT molecular complexity index is 685. The number of para-hydroxylation sites is 1. The summed E-state index contributed by atoms with van der Waals surface area (Å²) < 4.78 is 42.6. The summed E-state index contributed by atoms with van der Waals surface area (Å²) in [6, 6.07) is 6.33. The van der Waals surface area contributed by atoms with Crippen molar-refractivity contribution in [3.63, 3.8) is 0 Å². The molecule has 0 saturated carbocycles. The maximum absolute atomic E-state index is 12.4. The average Bonchev–Trinajstić information content (AvgIpc) is 2.94. The van der Waals surface area contributed by atoms with E-state index in [0.29, 0.717) is 5.75 Å². The molecular formula is C13H10F3N3O2S. The van der Waals surface area contributed by atoms with Crippen LogP contribution < -0.4 is 10.1 Å². The number of hydrogen-bond acceptors (Lipinski definition) is 5. The molecule has 1 aromatic heterocycles. The number of carbonyl (C=O) groups is 1. The van der Waals surface area contributed by atoms with Gasteiger partial charge < -0.3 is 4.74 Å². The van der Waals surface area contributed by atoms with E-state index in [1.807, 2.05) is 0 Å². The van der Waals surface area contributed by atoms with Gasteiger partial charge in [-0.1, -0.05) is 36.1 Å². The molecule has 0 bridgehead atoms. The highest BCUT2D eigenvalue weighted by molar-refractivity contribution is 7.15. The van der Waals surface area contributed by atoms with Crippen LogP contribution in [0.2, 0.25) is 0 Å². The first-order valence-electron chi connectivity index (χ1n) is 5.96. The van der Waals surface area contributed by atoms with Crippen LogP contribution >= 0.6 is 11.3 Å². The van der Waals surface area contributed by atoms with Crippen LogP contribution in [0.1, 0.15) is 15.4 Å². The van der Waals surface area contributed by atoms with Crippen molar-refractivity contribution in [2.75, 3.05) is 11.9 Å². The van der Waals surface area contributed by atoms with Crippen LogP contribution in [0.15, 0.2) is 36.9 Å². The highest BCUT2D eigenvalue weighted by Gasteiger charge is 2.35. The number of nitrogens with zero attached hydrogens (tertiary/aromatic N) is 2. The van der Waals surface area contributed by atoms with Crippen molar-refractivity contribution in [2.45, 2.75) is 6.18 Å². The van der Waals surface area contributed by atoms with Gasteiger partial charge in [-0.15, -0.1) is 10.2 Å². The zero-order valence-electron chi connectivity index (χ0n) is 11.1. The first kappa shape index (κ1) is 16.0. The topological polar surface area (TPSA) is 64.1 Å². The molecule has 0 aliphatic rings. The van der Waals surface area contributed by atoms with Gasteiger partial charge in [-0.05, 0) is 12.1 Å². The van der Waals surface area contributed by atoms with E-state index in [1.165, 1.54) is 12.1 Å². The Morgan fingerprint density at radius 3 is 2.73 bits per heavy atom. The fourth-order valence-corrected chi connectivity index (χ4v) is 2.09. The lowest BCUT2D eigenvalue weighted by atomic mass is 10.2. The fourth-order valence-electron chi connectivity index (χ4n) is 1.48. The maximum atomic E-state index is 12.4. The highest BCUT2D eigenvalue weighted by atomic mass is 32.1. The second-order valence-electron chi connectivity index (χ2n) is 3.96. The van der Waals surface area contributed by atoms with E-state index < -0.39 is 17.1 Å². The molecule has 116 valence electrons. The molecule has 0 atom stereocenters. The summed E-state index contributed by atoms with van der Waals surface area (Å²) in [5, 5.41) is 7.19. The summed E-state index contributed by atoms with van der Waals surface area (Å²) in [6.45, 7) is 3.69. The second-order valence-corrected chi connectivity index (χ2v) is 4.94. The number of carbonyl (C=O) groups excluding carboxylic acids is 1. The monoisotopic (exact) mass is 329 g/mol. The predicted molar refractivity (Wildman–Crippen MR) is 75.0 cm³/mol. The van der Waals surface area contributed by atoms with Crippen LogP contribution in [0.3, 0.4) is 0 Å². The largest absolute Gasteiger partial charge is 0.489 e. The lowest BCUT2D eigenvalue weighted by molar-refractivity contribution is -0.138. The molecule has 0 radical (unpaired) electrons. The average molecular weight is 329 g/mol. The molecule has 1 aromatic carbocycles. The lowest BCUT2D eigenvalue weighted by Gasteiger charge is -2.08. The number of benzene rings is 1. The van der Waals surface area contributed by atoms with E-state index in [4.69, 9.17) is 4.74 Å². The van der Waals surface area contributed by atoms with E-state index in [1.54, 1.807) is 18.2 Å². The Morgan fingerprint density at radius 2 is 2.09 bits per heavy atom. The van der Waals surface area contributed by atoms with Gasteiger partial charge in [-0.3, -0.25) is 10.1 Å². The van der Waals surface area contributed by atoms with Crippen molar-refractivity contribution in [2.24, 2.45) is 0 Å². The van der Waals surface area contributed by atoms with Gasteiger partial charge in [0.1, 0.15) is 12.4 Å². The third-order valence-electron chi connectivity index (χ3n) is 2.38. The van der Waals surface area contributed by atoms with Gasteiger partial charge >= 0.3 is 6.18 Å². The van der Waals surface area contributed by atoms with Gasteiger partial charge in [0, 0.05) is 0 Å². The molecule has 1 heterocycles. The third kappa shape index (κ3) is 3.82. The quantitative estimate of drug-likeness (QED) is 0.854. The molecule has 0 saturated heterocycles. The van der Waals surface area contributed by atoms with Gasteiger partial charge in [0.15, 0.2) is 0 Å². The maximum Gasteiger partial charge on any atom is 0.445 e. The van der Waals surface area contributed by atoms with Gasteiger partial charge in [0.2, 0.25) is 10.1 Å². The van der Waals surface area contributed by atoms with Gasteiger partial charge in [0.25, 0.3) is 5.91 Å². The number of anilines is 1. The van der Waals surface area contributed by atoms with E-state index in [9.17, 15) is 18.0 Å². The molecule has 0 fully saturated rings. The Morgan fingerprint density at radius 1 is 1.36 bits per heavy atom. The van der Waals surface area contributed by atoms with E-state index in [-0.39, 0.29) is 28.6 Å². The molecule has 9 heteroatoms. The normalized spacial score (nSPS) is 11.0. The number of halogens is 3. The molecular weight excluding hydrogens is 319 g/mol. The number of nitrogens with one attached hydrogen (secondary N) is 1. The van der Waals surface area contributed by atoms with Crippen LogP contribution in [0, 0.1) is 0 Å². The van der Waals surface area contributed by atoms with Crippen LogP contribution in [0.25, 0.3) is 0 Å². The van der Waals surface area contributed by atoms with Crippen LogP contribution in [0.5, 0.6) is 5.75 Å². The Labute approximate surface area is 127 Å². The summed E-state index contributed by atoms with van der Waals surface area (Å²) in [5.74, 6) is -0.343. The van der Waals surface area contributed by atoms with Gasteiger partial charge in [0.05, 0.1) is 5.56 Å². The predicted octanol–water partition coefficient (Wildman–Crippen LogP) is 3.37. The minimum absolute atomic E-state index is 0.174. The molecule has 5 nitrogen and oxygen atoms in total. The standard InChI is InChI=1S/C13H10F3N3O2S/c1-2-7-21-9-6-4-3-5-8(9)10(20)17-12-19-18-11(22-12)13(14,15)16/h2-6H,1,7H2,(H,17,19,20). The van der Waals surface area contributed by atoms with Crippen molar-refractivity contribution < 1.29 is 22.7 Å². The molecule has 1 amide bonds. The van der Waals surface area contributed by atoms with Crippen molar-refractivity contribution in [3.05, 3.63) is 47.5 Å². The number of hydrogen-bond donors (Lipinski definition) is 1. The van der Waals surface area contributed by atoms with Crippen molar-refractivity contribution in [1.82, 2.24) is 10.2 Å². The summed E-state index contributed by atoms with van der Waals surface area (Å²) in [5.41, 5.74) is 0.174. The van der Waals surface area contributed by atoms with Gasteiger partial charge in [-0.2, -0.15) is 13.2 Å². The molecule has 2 rings (SSSR count). The summed E-state index contributed by atoms with van der Waals surface area (Å²) >= 11 is 0.250. The zero-order chi connectivity index (χ0) is 16.2. The van der Waals surface area contributed by atoms with Crippen molar-refractivity contribution in [1.29, 1.82) is 0 Å². The Hall–Kier alpha value is -2.42. The van der Waals surface area contributed by atoms with Crippen LogP contribution in [-0.2, 0) is 6.18 Å². The molecule has 0 spiro atoms. The molecule has 1 N–H and O–H groups in total. The Balaban J connectivity index is 2.15. The number of alkyl halides is 3. The molecule has 2 aromatic rings. The van der Waals surface area contributed by atoms with E-state index in [0.717, 1.165) is 0 Å². The summed E-state index contributed by atoms with van der Waals surface area (Å²) in [6.07, 6.45) is -3.08. The number of ether oxygens (including phenoxy) is 1. The van der Waals surface area contributed by atoms with Crippen molar-refractivity contribution in [3.8, 4) is 5.75 Å². The number of amides is 1. The second kappa shape index (κ2) is 6.56. The molecule has 0 aliphatic heterocycles. The fraction of sp³-hybridized carbons (Fsp3) is 0.154. The van der Waals surface area contributed by atoms with Crippen LogP contribution in [-0.4, -0.2) is 22.7 Å². The smallest absolute Gasteiger partial charge is 0.445 e. The number of rotatable bonds is 5. The van der Waals surface area contributed by atoms with Crippen molar-refractivity contribution >= 4 is 22.4 Å². The molecule has 0 unspecified atom stereocenters. The minimum Gasteiger partial charge on any atom is -0.489 e. The third-order valence-corrected chi connectivity index (χ3v) is 3.26. The molecule has 0 aliphatic carbocycles. The van der Waals surface area contributed by atoms with E-state index in [2.05, 4.69) is 22.1 Å². The minimum atomic E-state index is -4.59. The van der Waals surface area contributed by atoms with Gasteiger partial charge in [-0.25, -0.2) is 0 Å². The van der Waals surface area contributed by atoms with E-state index >= 15 is 0 Å². The first-order valence-corrected chi connectivity index (χ1v) is 6.78. The highest BCUT2D eigenvalue weighted by Crippen LogP contribution is 2.33. The zero-order valence-corrected chi connectivity index (χ0v) is 11.9. The first-order chi connectivity index (χ1) is 10.4. The number of aromatic nitrogens is 2.